The number of amides is 1. The highest BCUT2D eigenvalue weighted by Gasteiger charge is 2.05. The second-order valence-corrected chi connectivity index (χ2v) is 5.04. The largest absolute Gasteiger partial charge is 0.396 e. The molecule has 0 aromatic heterocycles. The van der Waals surface area contributed by atoms with Gasteiger partial charge in [0, 0.05) is 11.3 Å². The zero-order valence-electron chi connectivity index (χ0n) is 10.9. The van der Waals surface area contributed by atoms with Crippen molar-refractivity contribution in [2.24, 2.45) is 5.73 Å². The average molecular weight is 321 g/mol. The van der Waals surface area contributed by atoms with Crippen molar-refractivity contribution in [3.8, 4) is 0 Å². The highest BCUT2D eigenvalue weighted by atomic mass is 35.5. The lowest BCUT2D eigenvalue weighted by atomic mass is 10.2. The van der Waals surface area contributed by atoms with Gasteiger partial charge in [0.05, 0.1) is 16.4 Å². The number of nitrogens with two attached hydrogens (primary N) is 2. The molecule has 108 valence electrons. The molecule has 2 rings (SSSR count). The van der Waals surface area contributed by atoms with Gasteiger partial charge in [-0.15, -0.1) is 0 Å². The van der Waals surface area contributed by atoms with E-state index in [-0.39, 0.29) is 0 Å². The number of thiocarbonyl (C=S) groups is 1. The Morgan fingerprint density at radius 3 is 2.38 bits per heavy atom. The minimum absolute atomic E-state index is 0.357. The normalized spacial score (nSPS) is 9.95. The number of benzene rings is 2. The number of carbonyl (C=O) groups excluding carboxylic acids is 1. The van der Waals surface area contributed by atoms with Gasteiger partial charge in [-0.1, -0.05) is 17.7 Å². The van der Waals surface area contributed by atoms with Crippen LogP contribution in [0.15, 0.2) is 42.5 Å². The van der Waals surface area contributed by atoms with Crippen molar-refractivity contribution in [3.63, 3.8) is 0 Å². The van der Waals surface area contributed by atoms with E-state index in [1.165, 1.54) is 0 Å². The predicted octanol–water partition coefficient (Wildman–Crippen LogP) is 2.83. The molecular formula is C14H13ClN4OS. The molecule has 0 spiro atoms. The summed E-state index contributed by atoms with van der Waals surface area (Å²) >= 11 is 11.1. The third-order valence-corrected chi connectivity index (χ3v) is 3.26. The highest BCUT2D eigenvalue weighted by molar-refractivity contribution is 7.80. The molecule has 0 saturated carbocycles. The van der Waals surface area contributed by atoms with E-state index in [1.807, 2.05) is 0 Å². The first kappa shape index (κ1) is 15.1. The maximum absolute atomic E-state index is 11.0. The lowest BCUT2D eigenvalue weighted by Crippen LogP contribution is -2.20. The Morgan fingerprint density at radius 1 is 1.10 bits per heavy atom. The molecule has 1 amide bonds. The molecule has 0 radical (unpaired) electrons. The lowest BCUT2D eigenvalue weighted by molar-refractivity contribution is 0.100. The van der Waals surface area contributed by atoms with Gasteiger partial charge in [0.15, 0.2) is 5.11 Å². The van der Waals surface area contributed by atoms with Crippen molar-refractivity contribution in [3.05, 3.63) is 53.1 Å². The van der Waals surface area contributed by atoms with Crippen LogP contribution in [-0.2, 0) is 0 Å². The number of primary amides is 1. The Kier molecular flexibility index (Phi) is 4.62. The van der Waals surface area contributed by atoms with E-state index in [4.69, 9.17) is 35.3 Å². The van der Waals surface area contributed by atoms with Gasteiger partial charge in [-0.3, -0.25) is 4.79 Å². The summed E-state index contributed by atoms with van der Waals surface area (Å²) in [5, 5.41) is 6.74. The van der Waals surface area contributed by atoms with Gasteiger partial charge < -0.3 is 22.1 Å². The maximum atomic E-state index is 11.0. The molecule has 5 nitrogen and oxygen atoms in total. The summed E-state index contributed by atoms with van der Waals surface area (Å²) in [6, 6.07) is 11.9. The van der Waals surface area contributed by atoms with Crippen molar-refractivity contribution < 1.29 is 4.79 Å². The highest BCUT2D eigenvalue weighted by Crippen LogP contribution is 2.26. The Labute approximate surface area is 132 Å². The minimum Gasteiger partial charge on any atom is -0.396 e. The molecule has 2 aromatic rings. The Bertz CT molecular complexity index is 688. The van der Waals surface area contributed by atoms with Crippen LogP contribution in [0.3, 0.4) is 0 Å². The Hall–Kier alpha value is -2.31. The van der Waals surface area contributed by atoms with Gasteiger partial charge in [-0.05, 0) is 48.6 Å². The van der Waals surface area contributed by atoms with Gasteiger partial charge in [0.2, 0.25) is 5.91 Å². The van der Waals surface area contributed by atoms with E-state index in [2.05, 4.69) is 10.6 Å². The lowest BCUT2D eigenvalue weighted by Gasteiger charge is -2.13. The summed E-state index contributed by atoms with van der Waals surface area (Å²) in [5.74, 6) is -0.478. The molecule has 21 heavy (non-hydrogen) atoms. The summed E-state index contributed by atoms with van der Waals surface area (Å²) in [7, 11) is 0. The Morgan fingerprint density at radius 2 is 1.76 bits per heavy atom. The van der Waals surface area contributed by atoms with Crippen LogP contribution in [0, 0.1) is 0 Å². The van der Waals surface area contributed by atoms with Crippen molar-refractivity contribution in [1.82, 2.24) is 0 Å². The summed E-state index contributed by atoms with van der Waals surface area (Å²) in [6.45, 7) is 0. The molecule has 0 bridgehead atoms. The molecule has 0 aliphatic rings. The summed E-state index contributed by atoms with van der Waals surface area (Å²) in [5.41, 5.74) is 13.2. The smallest absolute Gasteiger partial charge is 0.248 e. The van der Waals surface area contributed by atoms with E-state index in [9.17, 15) is 4.79 Å². The van der Waals surface area contributed by atoms with Gasteiger partial charge in [-0.25, -0.2) is 0 Å². The quantitative estimate of drug-likeness (QED) is 0.515. The van der Waals surface area contributed by atoms with Crippen LogP contribution in [0.4, 0.5) is 17.1 Å². The van der Waals surface area contributed by atoms with Gasteiger partial charge in [-0.2, -0.15) is 0 Å². The number of rotatable bonds is 3. The van der Waals surface area contributed by atoms with Crippen LogP contribution in [0.25, 0.3) is 0 Å². The van der Waals surface area contributed by atoms with E-state index < -0.39 is 5.91 Å². The van der Waals surface area contributed by atoms with Crippen LogP contribution in [-0.4, -0.2) is 11.0 Å². The monoisotopic (exact) mass is 320 g/mol. The topological polar surface area (TPSA) is 93.2 Å². The molecular weight excluding hydrogens is 308 g/mol. The van der Waals surface area contributed by atoms with Crippen molar-refractivity contribution in [1.29, 1.82) is 0 Å². The van der Waals surface area contributed by atoms with Crippen LogP contribution in [0.2, 0.25) is 5.02 Å². The molecule has 0 unspecified atom stereocenters. The number of anilines is 3. The zero-order valence-corrected chi connectivity index (χ0v) is 12.5. The fourth-order valence-corrected chi connectivity index (χ4v) is 2.05. The molecule has 0 aliphatic heterocycles. The van der Waals surface area contributed by atoms with Crippen LogP contribution < -0.4 is 22.1 Å². The van der Waals surface area contributed by atoms with E-state index in [1.54, 1.807) is 42.5 Å². The summed E-state index contributed by atoms with van der Waals surface area (Å²) in [6.07, 6.45) is 0. The zero-order chi connectivity index (χ0) is 15.4. The fraction of sp³-hybridized carbons (Fsp3) is 0. The Balaban J connectivity index is 2.04. The minimum atomic E-state index is -0.478. The number of para-hydroxylation sites is 1. The van der Waals surface area contributed by atoms with E-state index in [0.29, 0.717) is 27.1 Å². The molecule has 0 saturated heterocycles. The number of carbonyl (C=O) groups is 1. The van der Waals surface area contributed by atoms with Gasteiger partial charge in [0.1, 0.15) is 0 Å². The van der Waals surface area contributed by atoms with Crippen molar-refractivity contribution >= 4 is 51.9 Å². The predicted molar refractivity (Wildman–Crippen MR) is 90.7 cm³/mol. The van der Waals surface area contributed by atoms with Crippen molar-refractivity contribution in [2.75, 3.05) is 16.4 Å². The van der Waals surface area contributed by atoms with Gasteiger partial charge >= 0.3 is 0 Å². The standard InChI is InChI=1S/C14H13ClN4OS/c15-10-2-1-3-11(12(10)16)19-14(21)18-9-6-4-8(5-7-9)13(17)20/h1-7H,16H2,(H2,17,20)(H2,18,19,21). The second-order valence-electron chi connectivity index (χ2n) is 4.22. The number of halogens is 1. The number of hydrogen-bond donors (Lipinski definition) is 4. The van der Waals surface area contributed by atoms with E-state index >= 15 is 0 Å². The first-order chi connectivity index (χ1) is 9.97. The SMILES string of the molecule is NC(=O)c1ccc(NC(=S)Nc2cccc(Cl)c2N)cc1. The number of hydrogen-bond acceptors (Lipinski definition) is 3. The molecule has 0 fully saturated rings. The maximum Gasteiger partial charge on any atom is 0.248 e. The third-order valence-electron chi connectivity index (χ3n) is 2.73. The molecule has 0 aliphatic carbocycles. The van der Waals surface area contributed by atoms with E-state index in [0.717, 1.165) is 5.69 Å². The van der Waals surface area contributed by atoms with Crippen LogP contribution in [0.5, 0.6) is 0 Å². The summed E-state index contributed by atoms with van der Waals surface area (Å²) < 4.78 is 0. The number of nitrogen functional groups attached to an aromatic ring is 1. The first-order valence-electron chi connectivity index (χ1n) is 5.99. The van der Waals surface area contributed by atoms with Gasteiger partial charge in [0.25, 0.3) is 0 Å². The number of nitrogens with one attached hydrogen (secondary N) is 2. The fourth-order valence-electron chi connectivity index (χ4n) is 1.65. The van der Waals surface area contributed by atoms with Crippen LogP contribution in [0.1, 0.15) is 10.4 Å². The average Bonchev–Trinajstić information content (AvgIpc) is 2.44. The van der Waals surface area contributed by atoms with Crippen LogP contribution >= 0.6 is 23.8 Å². The second kappa shape index (κ2) is 6.43. The molecule has 0 heterocycles. The molecule has 7 heteroatoms. The molecule has 6 N–H and O–H groups in total. The third kappa shape index (κ3) is 3.84. The summed E-state index contributed by atoms with van der Waals surface area (Å²) in [4.78, 5) is 11.0. The molecule has 0 atom stereocenters. The first-order valence-corrected chi connectivity index (χ1v) is 6.78. The molecule has 2 aromatic carbocycles. The van der Waals surface area contributed by atoms with Crippen molar-refractivity contribution in [2.45, 2.75) is 0 Å².